The number of alkyl halides is 3. The summed E-state index contributed by atoms with van der Waals surface area (Å²) in [6.45, 7) is 0. The summed E-state index contributed by atoms with van der Waals surface area (Å²) in [6, 6.07) is 1.38. The topological polar surface area (TPSA) is 62.2 Å². The standard InChI is InChI=1S/C10H11F3N2O2S/c1-14-7(9(16)17)5-18-8-3-2-6(4-15-8)10(11,12)13/h2-4,7,14H,5H2,1H3,(H,16,17). The highest BCUT2D eigenvalue weighted by Crippen LogP contribution is 2.29. The van der Waals surface area contributed by atoms with Crippen LogP contribution in [0.1, 0.15) is 5.56 Å². The van der Waals surface area contributed by atoms with Gasteiger partial charge in [0, 0.05) is 11.9 Å². The summed E-state index contributed by atoms with van der Waals surface area (Å²) in [6.07, 6.45) is -3.68. The number of aliphatic carboxylic acids is 1. The monoisotopic (exact) mass is 280 g/mol. The van der Waals surface area contributed by atoms with Gasteiger partial charge in [-0.05, 0) is 19.2 Å². The summed E-state index contributed by atoms with van der Waals surface area (Å²) < 4.78 is 36.8. The lowest BCUT2D eigenvalue weighted by Crippen LogP contribution is -2.35. The van der Waals surface area contributed by atoms with E-state index in [1.807, 2.05) is 0 Å². The fourth-order valence-electron chi connectivity index (χ4n) is 1.08. The van der Waals surface area contributed by atoms with E-state index in [1.54, 1.807) is 0 Å². The second kappa shape index (κ2) is 6.05. The number of aromatic nitrogens is 1. The molecular weight excluding hydrogens is 269 g/mol. The molecule has 0 radical (unpaired) electrons. The number of hydrogen-bond acceptors (Lipinski definition) is 4. The third kappa shape index (κ3) is 4.19. The smallest absolute Gasteiger partial charge is 0.417 e. The van der Waals surface area contributed by atoms with Crippen LogP contribution in [0, 0.1) is 0 Å². The second-order valence-corrected chi connectivity index (χ2v) is 4.41. The third-order valence-corrected chi connectivity index (χ3v) is 3.15. The van der Waals surface area contributed by atoms with Crippen molar-refractivity contribution in [2.45, 2.75) is 17.2 Å². The van der Waals surface area contributed by atoms with Crippen LogP contribution >= 0.6 is 11.8 Å². The van der Waals surface area contributed by atoms with Crippen molar-refractivity contribution in [1.29, 1.82) is 0 Å². The van der Waals surface area contributed by atoms with E-state index < -0.39 is 23.8 Å². The minimum atomic E-state index is -4.41. The molecule has 0 bridgehead atoms. The lowest BCUT2D eigenvalue weighted by Gasteiger charge is -2.10. The number of nitrogens with zero attached hydrogens (tertiary/aromatic N) is 1. The molecule has 0 spiro atoms. The Morgan fingerprint density at radius 3 is 2.61 bits per heavy atom. The Balaban J connectivity index is 2.62. The largest absolute Gasteiger partial charge is 0.480 e. The molecule has 1 unspecified atom stereocenters. The first-order valence-corrected chi connectivity index (χ1v) is 5.89. The summed E-state index contributed by atoms with van der Waals surface area (Å²) >= 11 is 1.08. The number of nitrogens with one attached hydrogen (secondary N) is 1. The van der Waals surface area contributed by atoms with E-state index in [2.05, 4.69) is 10.3 Å². The van der Waals surface area contributed by atoms with Gasteiger partial charge in [0.05, 0.1) is 10.6 Å². The summed E-state index contributed by atoms with van der Waals surface area (Å²) in [7, 11) is 1.50. The summed E-state index contributed by atoms with van der Waals surface area (Å²) in [5, 5.41) is 11.7. The number of rotatable bonds is 5. The van der Waals surface area contributed by atoms with Crippen molar-refractivity contribution in [2.75, 3.05) is 12.8 Å². The van der Waals surface area contributed by atoms with Gasteiger partial charge in [0.25, 0.3) is 0 Å². The highest BCUT2D eigenvalue weighted by Gasteiger charge is 2.30. The van der Waals surface area contributed by atoms with Crippen molar-refractivity contribution in [3.63, 3.8) is 0 Å². The van der Waals surface area contributed by atoms with E-state index in [0.29, 0.717) is 5.03 Å². The normalized spacial score (nSPS) is 13.3. The molecule has 0 aliphatic rings. The van der Waals surface area contributed by atoms with E-state index in [1.165, 1.54) is 13.1 Å². The summed E-state index contributed by atoms with van der Waals surface area (Å²) in [5.74, 6) is -0.832. The number of thioether (sulfide) groups is 1. The van der Waals surface area contributed by atoms with Crippen molar-refractivity contribution in [3.8, 4) is 0 Å². The molecule has 1 atom stereocenters. The SMILES string of the molecule is CNC(CSc1ccc(C(F)(F)F)cn1)C(=O)O. The van der Waals surface area contributed by atoms with E-state index in [9.17, 15) is 18.0 Å². The maximum atomic E-state index is 12.3. The molecule has 0 aromatic carbocycles. The van der Waals surface area contributed by atoms with E-state index in [-0.39, 0.29) is 5.75 Å². The van der Waals surface area contributed by atoms with Crippen LogP contribution in [0.3, 0.4) is 0 Å². The average Bonchev–Trinajstić information content (AvgIpc) is 2.29. The first-order chi connectivity index (χ1) is 8.34. The van der Waals surface area contributed by atoms with Gasteiger partial charge in [-0.2, -0.15) is 13.2 Å². The van der Waals surface area contributed by atoms with Gasteiger partial charge in [-0.1, -0.05) is 0 Å². The predicted octanol–water partition coefficient (Wildman–Crippen LogP) is 1.87. The zero-order chi connectivity index (χ0) is 13.8. The van der Waals surface area contributed by atoms with Crippen molar-refractivity contribution < 1.29 is 23.1 Å². The predicted molar refractivity (Wildman–Crippen MR) is 60.4 cm³/mol. The number of carboxylic acid groups (broad SMARTS) is 1. The Kier molecular flexibility index (Phi) is 4.97. The summed E-state index contributed by atoms with van der Waals surface area (Å²) in [4.78, 5) is 14.3. The molecule has 0 aliphatic heterocycles. The Hall–Kier alpha value is -1.28. The van der Waals surface area contributed by atoms with Gasteiger partial charge in [-0.15, -0.1) is 11.8 Å². The van der Waals surface area contributed by atoms with Gasteiger partial charge >= 0.3 is 12.1 Å². The van der Waals surface area contributed by atoms with Crippen LogP contribution in [-0.4, -0.2) is 34.9 Å². The van der Waals surface area contributed by atoms with Crippen molar-refractivity contribution >= 4 is 17.7 Å². The number of halogens is 3. The maximum Gasteiger partial charge on any atom is 0.417 e. The highest BCUT2D eigenvalue weighted by atomic mass is 32.2. The molecule has 1 aromatic rings. The van der Waals surface area contributed by atoms with E-state index in [0.717, 1.165) is 24.0 Å². The maximum absolute atomic E-state index is 12.3. The van der Waals surface area contributed by atoms with Gasteiger partial charge in [-0.25, -0.2) is 4.98 Å². The van der Waals surface area contributed by atoms with Gasteiger partial charge in [0.1, 0.15) is 6.04 Å². The molecule has 1 heterocycles. The Bertz CT molecular complexity index is 409. The van der Waals surface area contributed by atoms with Crippen LogP contribution in [-0.2, 0) is 11.0 Å². The number of carbonyl (C=O) groups is 1. The fourth-order valence-corrected chi connectivity index (χ4v) is 2.02. The van der Waals surface area contributed by atoms with Gasteiger partial charge < -0.3 is 10.4 Å². The molecule has 1 rings (SSSR count). The molecule has 1 aromatic heterocycles. The number of pyridine rings is 1. The molecule has 18 heavy (non-hydrogen) atoms. The quantitative estimate of drug-likeness (QED) is 0.806. The fraction of sp³-hybridized carbons (Fsp3) is 0.400. The van der Waals surface area contributed by atoms with Crippen LogP contribution in [0.5, 0.6) is 0 Å². The highest BCUT2D eigenvalue weighted by molar-refractivity contribution is 7.99. The molecule has 100 valence electrons. The zero-order valence-electron chi connectivity index (χ0n) is 9.36. The minimum absolute atomic E-state index is 0.185. The second-order valence-electron chi connectivity index (χ2n) is 3.37. The van der Waals surface area contributed by atoms with Crippen LogP contribution in [0.2, 0.25) is 0 Å². The Morgan fingerprint density at radius 2 is 2.22 bits per heavy atom. The lowest BCUT2D eigenvalue weighted by molar-refractivity contribution is -0.139. The zero-order valence-corrected chi connectivity index (χ0v) is 10.2. The molecule has 4 nitrogen and oxygen atoms in total. The van der Waals surface area contributed by atoms with E-state index in [4.69, 9.17) is 5.11 Å². The van der Waals surface area contributed by atoms with E-state index >= 15 is 0 Å². The van der Waals surface area contributed by atoms with Crippen molar-refractivity contribution in [2.24, 2.45) is 0 Å². The number of carboxylic acids is 1. The van der Waals surface area contributed by atoms with Gasteiger partial charge in [-0.3, -0.25) is 4.79 Å². The molecule has 8 heteroatoms. The molecule has 0 amide bonds. The molecule has 0 aliphatic carbocycles. The van der Waals surface area contributed by atoms with Crippen LogP contribution in [0.4, 0.5) is 13.2 Å². The van der Waals surface area contributed by atoms with Crippen LogP contribution in [0.25, 0.3) is 0 Å². The molecule has 0 saturated heterocycles. The summed E-state index contributed by atoms with van der Waals surface area (Å²) in [5.41, 5.74) is -0.824. The lowest BCUT2D eigenvalue weighted by atomic mass is 10.3. The Labute approximate surface area is 106 Å². The first-order valence-electron chi connectivity index (χ1n) is 4.90. The molecule has 0 saturated carbocycles. The van der Waals surface area contributed by atoms with Gasteiger partial charge in [0.15, 0.2) is 0 Å². The minimum Gasteiger partial charge on any atom is -0.480 e. The number of hydrogen-bond donors (Lipinski definition) is 2. The molecule has 2 N–H and O–H groups in total. The Morgan fingerprint density at radius 1 is 1.56 bits per heavy atom. The van der Waals surface area contributed by atoms with Gasteiger partial charge in [0.2, 0.25) is 0 Å². The molecule has 0 fully saturated rings. The van der Waals surface area contributed by atoms with Crippen LogP contribution in [0.15, 0.2) is 23.4 Å². The van der Waals surface area contributed by atoms with Crippen molar-refractivity contribution in [1.82, 2.24) is 10.3 Å². The van der Waals surface area contributed by atoms with Crippen LogP contribution < -0.4 is 5.32 Å². The van der Waals surface area contributed by atoms with Crippen molar-refractivity contribution in [3.05, 3.63) is 23.9 Å². The molecular formula is C10H11F3N2O2S. The first kappa shape index (κ1) is 14.8. The number of likely N-dealkylation sites (N-methyl/N-ethyl adjacent to an activating group) is 1. The third-order valence-electron chi connectivity index (χ3n) is 2.11. The average molecular weight is 280 g/mol.